The highest BCUT2D eigenvalue weighted by Gasteiger charge is 2.36. The Kier molecular flexibility index (Phi) is 2.35. The van der Waals surface area contributed by atoms with Crippen LogP contribution in [0, 0.1) is 0 Å². The van der Waals surface area contributed by atoms with Crippen molar-refractivity contribution < 1.29 is 9.79 Å². The van der Waals surface area contributed by atoms with Crippen LogP contribution >= 0.6 is 0 Å². The van der Waals surface area contributed by atoms with Crippen molar-refractivity contribution in [1.29, 1.82) is 0 Å². The summed E-state index contributed by atoms with van der Waals surface area (Å²) in [6.07, 6.45) is 2.50. The fraction of sp³-hybridized carbons (Fsp3) is 0.385. The highest BCUT2D eigenvalue weighted by Crippen LogP contribution is 2.37. The number of aromatic hydroxyl groups is 1. The molecule has 1 fully saturated rings. The lowest BCUT2D eigenvalue weighted by atomic mass is 10.2. The Bertz CT molecular complexity index is 526. The lowest BCUT2D eigenvalue weighted by Crippen LogP contribution is -2.38. The zero-order valence-corrected chi connectivity index (χ0v) is 9.85. The van der Waals surface area contributed by atoms with Crippen molar-refractivity contribution in [2.45, 2.75) is 32.2 Å². The van der Waals surface area contributed by atoms with Crippen LogP contribution in [0.3, 0.4) is 0 Å². The summed E-state index contributed by atoms with van der Waals surface area (Å²) in [7, 11) is 0. The molecule has 2 aromatic rings. The normalized spacial score (nSPS) is 15.1. The van der Waals surface area contributed by atoms with Crippen molar-refractivity contribution in [3.05, 3.63) is 30.1 Å². The van der Waals surface area contributed by atoms with Gasteiger partial charge in [-0.3, -0.25) is 0 Å². The summed E-state index contributed by atoms with van der Waals surface area (Å²) in [5.41, 5.74) is 1.01. The first-order valence-corrected chi connectivity index (χ1v) is 6.07. The standard InChI is InChI=1S/C13H15N3O/c1-2-16-13(10-3-4-10)14-12(15-16)9-5-7-11(17)8-6-9/h5-8,10H,2-4H2,1H3,(H,15,17)/p+1. The third kappa shape index (κ3) is 1.90. The molecule has 0 unspecified atom stereocenters. The molecule has 0 spiro atoms. The Morgan fingerprint density at radius 1 is 1.35 bits per heavy atom. The maximum atomic E-state index is 9.27. The van der Waals surface area contributed by atoms with Gasteiger partial charge in [0.1, 0.15) is 12.3 Å². The highest BCUT2D eigenvalue weighted by molar-refractivity contribution is 5.55. The quantitative estimate of drug-likeness (QED) is 0.792. The van der Waals surface area contributed by atoms with Crippen molar-refractivity contribution in [1.82, 2.24) is 10.1 Å². The fourth-order valence-electron chi connectivity index (χ4n) is 2.03. The van der Waals surface area contributed by atoms with E-state index in [1.807, 2.05) is 12.1 Å². The van der Waals surface area contributed by atoms with Gasteiger partial charge in [0.2, 0.25) is 0 Å². The van der Waals surface area contributed by atoms with Gasteiger partial charge in [0.15, 0.2) is 0 Å². The molecule has 1 heterocycles. The van der Waals surface area contributed by atoms with Crippen LogP contribution in [0.2, 0.25) is 0 Å². The van der Waals surface area contributed by atoms with Crippen molar-refractivity contribution in [3.8, 4) is 17.1 Å². The van der Waals surface area contributed by atoms with E-state index >= 15 is 0 Å². The fourth-order valence-corrected chi connectivity index (χ4v) is 2.03. The van der Waals surface area contributed by atoms with Crippen molar-refractivity contribution in [3.63, 3.8) is 0 Å². The summed E-state index contributed by atoms with van der Waals surface area (Å²) in [6, 6.07) is 7.13. The van der Waals surface area contributed by atoms with E-state index in [1.54, 1.807) is 12.1 Å². The molecule has 0 aliphatic heterocycles. The number of H-pyrrole nitrogens is 1. The third-order valence-electron chi connectivity index (χ3n) is 3.14. The van der Waals surface area contributed by atoms with Crippen LogP contribution in [0.1, 0.15) is 31.5 Å². The van der Waals surface area contributed by atoms with Crippen LogP contribution in [0.4, 0.5) is 0 Å². The number of rotatable bonds is 3. The molecule has 0 atom stereocenters. The largest absolute Gasteiger partial charge is 0.508 e. The van der Waals surface area contributed by atoms with Crippen LogP contribution < -0.4 is 4.68 Å². The van der Waals surface area contributed by atoms with Crippen molar-refractivity contribution >= 4 is 0 Å². The topological polar surface area (TPSA) is 52.8 Å². The SMILES string of the molecule is CC[n+]1[nH]c(-c2ccc(O)cc2)nc1C1CC1. The number of nitrogens with one attached hydrogen (secondary N) is 1. The zero-order valence-electron chi connectivity index (χ0n) is 9.85. The van der Waals surface area contributed by atoms with Gasteiger partial charge in [0.05, 0.1) is 5.92 Å². The smallest absolute Gasteiger partial charge is 0.322 e. The molecule has 17 heavy (non-hydrogen) atoms. The molecule has 4 nitrogen and oxygen atoms in total. The summed E-state index contributed by atoms with van der Waals surface area (Å²) in [4.78, 5) is 4.67. The molecule has 0 saturated heterocycles. The average molecular weight is 230 g/mol. The molecule has 1 aliphatic carbocycles. The van der Waals surface area contributed by atoms with Crippen LogP contribution in [0.15, 0.2) is 24.3 Å². The molecule has 88 valence electrons. The number of hydrogen-bond donors (Lipinski definition) is 2. The molecule has 4 heteroatoms. The summed E-state index contributed by atoms with van der Waals surface area (Å²) >= 11 is 0. The molecule has 3 rings (SSSR count). The minimum Gasteiger partial charge on any atom is -0.508 e. The summed E-state index contributed by atoms with van der Waals surface area (Å²) < 4.78 is 2.11. The number of aryl methyl sites for hydroxylation is 1. The molecule has 1 aliphatic rings. The van der Waals surface area contributed by atoms with E-state index in [4.69, 9.17) is 0 Å². The first-order chi connectivity index (χ1) is 8.28. The second-order valence-electron chi connectivity index (χ2n) is 4.50. The molecule has 1 aromatic carbocycles. The number of aromatic amines is 1. The van der Waals surface area contributed by atoms with Gasteiger partial charge in [-0.25, -0.2) is 0 Å². The molecule has 0 bridgehead atoms. The molecule has 0 radical (unpaired) electrons. The third-order valence-corrected chi connectivity index (χ3v) is 3.14. The van der Waals surface area contributed by atoms with E-state index in [9.17, 15) is 5.11 Å². The van der Waals surface area contributed by atoms with Gasteiger partial charge in [-0.05, 0) is 49.0 Å². The van der Waals surface area contributed by atoms with E-state index in [0.717, 1.165) is 23.8 Å². The zero-order chi connectivity index (χ0) is 11.8. The van der Waals surface area contributed by atoms with Gasteiger partial charge >= 0.3 is 5.82 Å². The monoisotopic (exact) mass is 230 g/mol. The molecule has 1 saturated carbocycles. The Hall–Kier alpha value is -1.84. The number of phenols is 1. The minimum atomic E-state index is 0.283. The molecular formula is C13H16N3O+. The average Bonchev–Trinajstić information content (AvgIpc) is 3.10. The predicted molar refractivity (Wildman–Crippen MR) is 63.5 cm³/mol. The second-order valence-corrected chi connectivity index (χ2v) is 4.50. The van der Waals surface area contributed by atoms with Crippen LogP contribution in [0.25, 0.3) is 11.4 Å². The Morgan fingerprint density at radius 3 is 2.65 bits per heavy atom. The van der Waals surface area contributed by atoms with E-state index in [1.165, 1.54) is 12.8 Å². The van der Waals surface area contributed by atoms with Crippen LogP contribution in [0.5, 0.6) is 5.75 Å². The van der Waals surface area contributed by atoms with Crippen LogP contribution in [-0.2, 0) is 6.54 Å². The number of phenolic OH excluding ortho intramolecular Hbond substituents is 1. The van der Waals surface area contributed by atoms with Gasteiger partial charge < -0.3 is 5.11 Å². The number of nitrogens with zero attached hydrogens (tertiary/aromatic N) is 2. The van der Waals surface area contributed by atoms with E-state index in [-0.39, 0.29) is 5.75 Å². The number of benzene rings is 1. The maximum absolute atomic E-state index is 9.27. The molecule has 0 amide bonds. The molecule has 2 N–H and O–H groups in total. The van der Waals surface area contributed by atoms with Gasteiger partial charge in [-0.2, -0.15) is 9.78 Å². The number of aromatic nitrogens is 3. The highest BCUT2D eigenvalue weighted by atomic mass is 16.3. The maximum Gasteiger partial charge on any atom is 0.322 e. The van der Waals surface area contributed by atoms with Crippen molar-refractivity contribution in [2.24, 2.45) is 0 Å². The molecule has 1 aromatic heterocycles. The predicted octanol–water partition coefficient (Wildman–Crippen LogP) is 1.97. The van der Waals surface area contributed by atoms with Gasteiger partial charge in [0.25, 0.3) is 5.82 Å². The minimum absolute atomic E-state index is 0.283. The van der Waals surface area contributed by atoms with E-state index < -0.39 is 0 Å². The lowest BCUT2D eigenvalue weighted by Gasteiger charge is -1.92. The van der Waals surface area contributed by atoms with Gasteiger partial charge in [-0.15, -0.1) is 0 Å². The van der Waals surface area contributed by atoms with Crippen molar-refractivity contribution in [2.75, 3.05) is 0 Å². The Balaban J connectivity index is 2.00. The second kappa shape index (κ2) is 3.87. The summed E-state index contributed by atoms with van der Waals surface area (Å²) in [5, 5.41) is 12.6. The lowest BCUT2D eigenvalue weighted by molar-refractivity contribution is -0.754. The Labute approximate surface area is 99.9 Å². The van der Waals surface area contributed by atoms with E-state index in [0.29, 0.717) is 5.92 Å². The summed E-state index contributed by atoms with van der Waals surface area (Å²) in [6.45, 7) is 3.03. The first-order valence-electron chi connectivity index (χ1n) is 6.07. The summed E-state index contributed by atoms with van der Waals surface area (Å²) in [5.74, 6) is 2.97. The van der Waals surface area contributed by atoms with E-state index in [2.05, 4.69) is 21.7 Å². The molecular weight excluding hydrogens is 214 g/mol. The van der Waals surface area contributed by atoms with Gasteiger partial charge in [-0.1, -0.05) is 0 Å². The van der Waals surface area contributed by atoms with Crippen LogP contribution in [-0.4, -0.2) is 15.2 Å². The first kappa shape index (κ1) is 10.3. The Morgan fingerprint density at radius 2 is 2.06 bits per heavy atom. The number of hydrogen-bond acceptors (Lipinski definition) is 2. The van der Waals surface area contributed by atoms with Gasteiger partial charge in [0, 0.05) is 5.56 Å².